The topological polar surface area (TPSA) is 56.7 Å². The van der Waals surface area contributed by atoms with Gasteiger partial charge in [0.1, 0.15) is 0 Å². The molecular weight excluding hydrogens is 377 g/mol. The maximum Gasteiger partial charge on any atom is 0.191 e. The zero-order valence-corrected chi connectivity index (χ0v) is 15.3. The fourth-order valence-electron chi connectivity index (χ4n) is 1.87. The lowest BCUT2D eigenvalue weighted by molar-refractivity contribution is 0.183. The molecule has 0 aliphatic carbocycles. The number of halogens is 1. The van der Waals surface area contributed by atoms with Gasteiger partial charge in [-0.15, -0.1) is 24.0 Å². The van der Waals surface area contributed by atoms with Crippen LogP contribution in [0.3, 0.4) is 0 Å². The summed E-state index contributed by atoms with van der Waals surface area (Å²) in [5, 5.41) is 16.5. The quantitative estimate of drug-likeness (QED) is 0.270. The van der Waals surface area contributed by atoms with Gasteiger partial charge in [-0.05, 0) is 18.9 Å². The standard InChI is InChI=1S/C16H27N3O.HI/c1-3-5-11-18-16(17-4-2)19-13-15(20)12-14-9-7-6-8-10-14;/h6-10,15,20H,3-5,11-13H2,1-2H3,(H2,17,18,19);1H. The smallest absolute Gasteiger partial charge is 0.191 e. The molecule has 0 aromatic heterocycles. The van der Waals surface area contributed by atoms with Gasteiger partial charge in [0, 0.05) is 19.5 Å². The molecule has 0 heterocycles. The predicted octanol–water partition coefficient (Wildman–Crippen LogP) is 2.56. The molecule has 1 rings (SSSR count). The van der Waals surface area contributed by atoms with E-state index >= 15 is 0 Å². The number of rotatable bonds is 8. The van der Waals surface area contributed by atoms with Crippen molar-refractivity contribution in [1.82, 2.24) is 10.6 Å². The van der Waals surface area contributed by atoms with Gasteiger partial charge in [0.15, 0.2) is 5.96 Å². The van der Waals surface area contributed by atoms with Gasteiger partial charge < -0.3 is 15.7 Å². The van der Waals surface area contributed by atoms with Crippen LogP contribution < -0.4 is 10.6 Å². The van der Waals surface area contributed by atoms with Crippen molar-refractivity contribution in [2.45, 2.75) is 39.2 Å². The summed E-state index contributed by atoms with van der Waals surface area (Å²) >= 11 is 0. The van der Waals surface area contributed by atoms with Crippen molar-refractivity contribution < 1.29 is 5.11 Å². The molecule has 0 bridgehead atoms. The van der Waals surface area contributed by atoms with Crippen molar-refractivity contribution >= 4 is 29.9 Å². The summed E-state index contributed by atoms with van der Waals surface area (Å²) in [6.07, 6.45) is 2.47. The van der Waals surface area contributed by atoms with Gasteiger partial charge in [-0.1, -0.05) is 43.7 Å². The van der Waals surface area contributed by atoms with Gasteiger partial charge in [0.05, 0.1) is 12.6 Å². The first-order valence-electron chi connectivity index (χ1n) is 7.50. The number of aliphatic imine (C=N–C) groups is 1. The van der Waals surface area contributed by atoms with E-state index in [4.69, 9.17) is 0 Å². The van der Waals surface area contributed by atoms with Gasteiger partial charge in [0.2, 0.25) is 0 Å². The average Bonchev–Trinajstić information content (AvgIpc) is 2.46. The molecule has 1 aromatic carbocycles. The SMILES string of the molecule is CCCCNC(=NCC(O)Cc1ccccc1)NCC.I. The highest BCUT2D eigenvalue weighted by Gasteiger charge is 2.05. The van der Waals surface area contributed by atoms with Crippen molar-refractivity contribution in [2.75, 3.05) is 19.6 Å². The summed E-state index contributed by atoms with van der Waals surface area (Å²) in [6, 6.07) is 10.0. The number of guanidine groups is 1. The molecular formula is C16H28IN3O. The van der Waals surface area contributed by atoms with Crippen molar-refractivity contribution in [2.24, 2.45) is 4.99 Å². The van der Waals surface area contributed by atoms with Crippen molar-refractivity contribution in [3.8, 4) is 0 Å². The largest absolute Gasteiger partial charge is 0.391 e. The molecule has 0 amide bonds. The Hall–Kier alpha value is -0.820. The molecule has 0 saturated carbocycles. The monoisotopic (exact) mass is 405 g/mol. The molecule has 0 saturated heterocycles. The summed E-state index contributed by atoms with van der Waals surface area (Å²) in [4.78, 5) is 4.43. The van der Waals surface area contributed by atoms with Gasteiger partial charge in [-0.2, -0.15) is 0 Å². The zero-order chi connectivity index (χ0) is 14.6. The van der Waals surface area contributed by atoms with Gasteiger partial charge in [-0.25, -0.2) is 0 Å². The summed E-state index contributed by atoms with van der Waals surface area (Å²) in [5.74, 6) is 0.785. The maximum atomic E-state index is 10.0. The Bertz CT molecular complexity index is 384. The number of nitrogens with zero attached hydrogens (tertiary/aromatic N) is 1. The van der Waals surface area contributed by atoms with E-state index in [9.17, 15) is 5.11 Å². The maximum absolute atomic E-state index is 10.0. The summed E-state index contributed by atoms with van der Waals surface area (Å²) in [5.41, 5.74) is 1.14. The molecule has 3 N–H and O–H groups in total. The molecule has 21 heavy (non-hydrogen) atoms. The molecule has 1 atom stereocenters. The Morgan fingerprint density at radius 3 is 2.52 bits per heavy atom. The van der Waals surface area contributed by atoms with E-state index < -0.39 is 6.10 Å². The van der Waals surface area contributed by atoms with Gasteiger partial charge in [0.25, 0.3) is 0 Å². The van der Waals surface area contributed by atoms with Crippen LogP contribution in [0.5, 0.6) is 0 Å². The molecule has 0 spiro atoms. The highest BCUT2D eigenvalue weighted by Crippen LogP contribution is 2.03. The minimum atomic E-state index is -0.445. The summed E-state index contributed by atoms with van der Waals surface area (Å²) in [7, 11) is 0. The molecule has 4 nitrogen and oxygen atoms in total. The average molecular weight is 405 g/mol. The third-order valence-corrected chi connectivity index (χ3v) is 2.94. The molecule has 1 aromatic rings. The van der Waals surface area contributed by atoms with E-state index in [1.165, 1.54) is 0 Å². The molecule has 0 radical (unpaired) electrons. The third-order valence-electron chi connectivity index (χ3n) is 2.94. The van der Waals surface area contributed by atoms with E-state index in [2.05, 4.69) is 22.5 Å². The number of unbranched alkanes of at least 4 members (excludes halogenated alkanes) is 1. The second-order valence-corrected chi connectivity index (χ2v) is 4.84. The fraction of sp³-hybridized carbons (Fsp3) is 0.562. The van der Waals surface area contributed by atoms with Crippen molar-refractivity contribution in [1.29, 1.82) is 0 Å². The van der Waals surface area contributed by atoms with Crippen LogP contribution in [0.25, 0.3) is 0 Å². The Kier molecular flexibility index (Phi) is 12.4. The van der Waals surface area contributed by atoms with Gasteiger partial charge in [-0.3, -0.25) is 4.99 Å². The Labute approximate surface area is 145 Å². The first kappa shape index (κ1) is 20.2. The highest BCUT2D eigenvalue weighted by molar-refractivity contribution is 14.0. The van der Waals surface area contributed by atoms with Crippen LogP contribution in [-0.2, 0) is 6.42 Å². The number of aliphatic hydroxyl groups excluding tert-OH is 1. The second-order valence-electron chi connectivity index (χ2n) is 4.84. The van der Waals surface area contributed by atoms with Crippen molar-refractivity contribution in [3.63, 3.8) is 0 Å². The second kappa shape index (κ2) is 12.9. The summed E-state index contributed by atoms with van der Waals surface area (Å²) < 4.78 is 0. The lowest BCUT2D eigenvalue weighted by atomic mass is 10.1. The van der Waals surface area contributed by atoms with Crippen LogP contribution in [0, 0.1) is 0 Å². The minimum absolute atomic E-state index is 0. The lowest BCUT2D eigenvalue weighted by Crippen LogP contribution is -2.38. The lowest BCUT2D eigenvalue weighted by Gasteiger charge is -2.13. The van der Waals surface area contributed by atoms with Gasteiger partial charge >= 0.3 is 0 Å². The number of aliphatic hydroxyl groups is 1. The normalized spacial score (nSPS) is 12.4. The summed E-state index contributed by atoms with van der Waals surface area (Å²) in [6.45, 7) is 6.35. The highest BCUT2D eigenvalue weighted by atomic mass is 127. The Balaban J connectivity index is 0.00000400. The fourth-order valence-corrected chi connectivity index (χ4v) is 1.87. The first-order chi connectivity index (χ1) is 9.76. The number of hydrogen-bond donors (Lipinski definition) is 3. The third kappa shape index (κ3) is 9.68. The van der Waals surface area contributed by atoms with Crippen LogP contribution >= 0.6 is 24.0 Å². The van der Waals surface area contributed by atoms with Crippen LogP contribution in [0.2, 0.25) is 0 Å². The van der Waals surface area contributed by atoms with E-state index in [0.717, 1.165) is 37.5 Å². The molecule has 0 fully saturated rings. The zero-order valence-electron chi connectivity index (χ0n) is 13.0. The van der Waals surface area contributed by atoms with E-state index in [-0.39, 0.29) is 24.0 Å². The van der Waals surface area contributed by atoms with Crippen LogP contribution in [0.15, 0.2) is 35.3 Å². The van der Waals surface area contributed by atoms with Crippen LogP contribution in [0.4, 0.5) is 0 Å². The van der Waals surface area contributed by atoms with E-state index in [1.807, 2.05) is 37.3 Å². The van der Waals surface area contributed by atoms with Crippen LogP contribution in [0.1, 0.15) is 32.3 Å². The minimum Gasteiger partial charge on any atom is -0.391 e. The number of nitrogens with one attached hydrogen (secondary N) is 2. The number of hydrogen-bond acceptors (Lipinski definition) is 2. The molecule has 120 valence electrons. The van der Waals surface area contributed by atoms with Crippen molar-refractivity contribution in [3.05, 3.63) is 35.9 Å². The predicted molar refractivity (Wildman–Crippen MR) is 100 cm³/mol. The number of benzene rings is 1. The Morgan fingerprint density at radius 1 is 1.19 bits per heavy atom. The Morgan fingerprint density at radius 2 is 1.90 bits per heavy atom. The van der Waals surface area contributed by atoms with E-state index in [1.54, 1.807) is 0 Å². The molecule has 1 unspecified atom stereocenters. The molecule has 0 aliphatic heterocycles. The first-order valence-corrected chi connectivity index (χ1v) is 7.50. The molecule has 0 aliphatic rings. The molecule has 5 heteroatoms. The van der Waals surface area contributed by atoms with Crippen LogP contribution in [-0.4, -0.2) is 36.8 Å². The van der Waals surface area contributed by atoms with E-state index in [0.29, 0.717) is 13.0 Å².